The van der Waals surface area contributed by atoms with E-state index in [-0.39, 0.29) is 0 Å². The van der Waals surface area contributed by atoms with E-state index < -0.39 is 0 Å². The second kappa shape index (κ2) is 5.53. The highest BCUT2D eigenvalue weighted by molar-refractivity contribution is 6.30. The van der Waals surface area contributed by atoms with Crippen molar-refractivity contribution < 1.29 is 9.47 Å². The molecule has 1 aromatic heterocycles. The fourth-order valence-electron chi connectivity index (χ4n) is 2.51. The fraction of sp³-hybridized carbons (Fsp3) is 0.375. The molecule has 2 aromatic rings. The molecule has 0 spiro atoms. The normalized spacial score (nSPS) is 13.6. The molecule has 0 unspecified atom stereocenters. The zero-order valence-corrected chi connectivity index (χ0v) is 13.1. The van der Waals surface area contributed by atoms with Gasteiger partial charge in [-0.2, -0.15) is 0 Å². The van der Waals surface area contributed by atoms with Gasteiger partial charge in [0.1, 0.15) is 18.4 Å². The van der Waals surface area contributed by atoms with Crippen LogP contribution in [0, 0.1) is 6.92 Å². The molecule has 0 atom stereocenters. The second-order valence-electron chi connectivity index (χ2n) is 5.35. The smallest absolute Gasteiger partial charge is 0.162 e. The third-order valence-electron chi connectivity index (χ3n) is 3.47. The second-order valence-corrected chi connectivity index (χ2v) is 5.71. The van der Waals surface area contributed by atoms with Gasteiger partial charge >= 0.3 is 0 Å². The first-order valence-electron chi connectivity index (χ1n) is 7.00. The molecule has 0 radical (unpaired) electrons. The van der Waals surface area contributed by atoms with Crippen molar-refractivity contribution in [2.24, 2.45) is 0 Å². The van der Waals surface area contributed by atoms with Crippen molar-refractivity contribution in [2.75, 3.05) is 13.2 Å². The van der Waals surface area contributed by atoms with Crippen LogP contribution in [-0.2, 0) is 0 Å². The van der Waals surface area contributed by atoms with Crippen molar-refractivity contribution in [1.82, 2.24) is 9.97 Å². The summed E-state index contributed by atoms with van der Waals surface area (Å²) >= 11 is 6.32. The van der Waals surface area contributed by atoms with Gasteiger partial charge < -0.3 is 9.47 Å². The Bertz CT molecular complexity index is 663. The summed E-state index contributed by atoms with van der Waals surface area (Å²) < 4.78 is 11.1. The van der Waals surface area contributed by atoms with Gasteiger partial charge in [0.2, 0.25) is 0 Å². The molecule has 1 aromatic carbocycles. The van der Waals surface area contributed by atoms with Crippen LogP contribution in [0.3, 0.4) is 0 Å². The van der Waals surface area contributed by atoms with Crippen LogP contribution >= 0.6 is 11.6 Å². The number of hydrogen-bond acceptors (Lipinski definition) is 4. The Morgan fingerprint density at radius 3 is 2.48 bits per heavy atom. The zero-order valence-electron chi connectivity index (χ0n) is 12.3. The molecule has 0 fully saturated rings. The van der Waals surface area contributed by atoms with Crippen LogP contribution in [0.15, 0.2) is 18.2 Å². The van der Waals surface area contributed by atoms with Crippen LogP contribution in [-0.4, -0.2) is 23.2 Å². The van der Waals surface area contributed by atoms with E-state index in [4.69, 9.17) is 21.1 Å². The lowest BCUT2D eigenvalue weighted by Crippen LogP contribution is -2.15. The van der Waals surface area contributed by atoms with Gasteiger partial charge in [-0.3, -0.25) is 0 Å². The van der Waals surface area contributed by atoms with E-state index in [2.05, 4.69) is 23.8 Å². The minimum Gasteiger partial charge on any atom is -0.486 e. The number of aromatic nitrogens is 2. The molecule has 1 aliphatic heterocycles. The lowest BCUT2D eigenvalue weighted by molar-refractivity contribution is 0.171. The van der Waals surface area contributed by atoms with Crippen LogP contribution in [0.4, 0.5) is 0 Å². The van der Waals surface area contributed by atoms with E-state index >= 15 is 0 Å². The SMILES string of the molecule is Cc1nc(-c2ccc3c(c2)OCCO3)nc(Cl)c1C(C)C. The number of aryl methyl sites for hydroxylation is 1. The first kappa shape index (κ1) is 14.1. The Hall–Kier alpha value is -1.81. The molecule has 0 amide bonds. The first-order chi connectivity index (χ1) is 10.1. The van der Waals surface area contributed by atoms with Gasteiger partial charge in [-0.1, -0.05) is 25.4 Å². The molecule has 1 aliphatic rings. The minimum atomic E-state index is 0.298. The van der Waals surface area contributed by atoms with Crippen molar-refractivity contribution in [3.8, 4) is 22.9 Å². The Morgan fingerprint density at radius 2 is 1.81 bits per heavy atom. The number of fused-ring (bicyclic) bond motifs is 1. The van der Waals surface area contributed by atoms with E-state index in [0.29, 0.717) is 30.1 Å². The highest BCUT2D eigenvalue weighted by Crippen LogP contribution is 2.34. The fourth-order valence-corrected chi connectivity index (χ4v) is 2.95. The summed E-state index contributed by atoms with van der Waals surface area (Å²) in [5.74, 6) is 2.39. The molecule has 0 saturated carbocycles. The molecular weight excluding hydrogens is 288 g/mol. The maximum Gasteiger partial charge on any atom is 0.162 e. The number of benzene rings is 1. The maximum absolute atomic E-state index is 6.32. The van der Waals surface area contributed by atoms with Crippen LogP contribution in [0.5, 0.6) is 11.5 Å². The van der Waals surface area contributed by atoms with Crippen LogP contribution in [0.2, 0.25) is 5.15 Å². The highest BCUT2D eigenvalue weighted by Gasteiger charge is 2.17. The van der Waals surface area contributed by atoms with E-state index in [1.54, 1.807) is 0 Å². The van der Waals surface area contributed by atoms with Gasteiger partial charge in [0, 0.05) is 16.8 Å². The van der Waals surface area contributed by atoms with Gasteiger partial charge in [0.25, 0.3) is 0 Å². The molecular formula is C16H17ClN2O2. The average molecular weight is 305 g/mol. The summed E-state index contributed by atoms with van der Waals surface area (Å²) in [6.45, 7) is 7.27. The number of hydrogen-bond donors (Lipinski definition) is 0. The quantitative estimate of drug-likeness (QED) is 0.787. The molecule has 3 rings (SSSR count). The Kier molecular flexibility index (Phi) is 3.72. The lowest BCUT2D eigenvalue weighted by Gasteiger charge is -2.19. The van der Waals surface area contributed by atoms with E-state index in [1.165, 1.54) is 0 Å². The molecule has 0 N–H and O–H groups in total. The number of ether oxygens (including phenoxy) is 2. The Morgan fingerprint density at radius 1 is 1.10 bits per heavy atom. The third kappa shape index (κ3) is 2.68. The number of nitrogens with zero attached hydrogens (tertiary/aromatic N) is 2. The van der Waals surface area contributed by atoms with E-state index in [0.717, 1.165) is 28.3 Å². The number of rotatable bonds is 2. The van der Waals surface area contributed by atoms with Crippen molar-refractivity contribution in [2.45, 2.75) is 26.7 Å². The van der Waals surface area contributed by atoms with Gasteiger partial charge in [0.05, 0.1) is 0 Å². The predicted octanol–water partition coefficient (Wildman–Crippen LogP) is 4.00. The Balaban J connectivity index is 2.05. The molecule has 5 heteroatoms. The standard InChI is InChI=1S/C16H17ClN2O2/c1-9(2)14-10(3)18-16(19-15(14)17)11-4-5-12-13(8-11)21-7-6-20-12/h4-5,8-9H,6-7H2,1-3H3. The van der Waals surface area contributed by atoms with Crippen LogP contribution < -0.4 is 9.47 Å². The van der Waals surface area contributed by atoms with E-state index in [1.807, 2.05) is 25.1 Å². The number of halogens is 1. The largest absolute Gasteiger partial charge is 0.486 e. The predicted molar refractivity (Wildman–Crippen MR) is 82.3 cm³/mol. The van der Waals surface area contributed by atoms with Gasteiger partial charge in [-0.05, 0) is 31.0 Å². The topological polar surface area (TPSA) is 44.2 Å². The Labute approximate surface area is 129 Å². The van der Waals surface area contributed by atoms with Crippen molar-refractivity contribution in [3.05, 3.63) is 34.6 Å². The first-order valence-corrected chi connectivity index (χ1v) is 7.38. The molecule has 21 heavy (non-hydrogen) atoms. The molecule has 0 saturated heterocycles. The van der Waals surface area contributed by atoms with Crippen LogP contribution in [0.25, 0.3) is 11.4 Å². The summed E-state index contributed by atoms with van der Waals surface area (Å²) in [6, 6.07) is 5.70. The summed E-state index contributed by atoms with van der Waals surface area (Å²) in [5, 5.41) is 0.516. The molecule has 110 valence electrons. The molecule has 0 aliphatic carbocycles. The monoisotopic (exact) mass is 304 g/mol. The minimum absolute atomic E-state index is 0.298. The molecule has 0 bridgehead atoms. The lowest BCUT2D eigenvalue weighted by atomic mass is 10.0. The highest BCUT2D eigenvalue weighted by atomic mass is 35.5. The van der Waals surface area contributed by atoms with Crippen LogP contribution in [0.1, 0.15) is 31.0 Å². The zero-order chi connectivity index (χ0) is 15.0. The summed E-state index contributed by atoms with van der Waals surface area (Å²) in [5.41, 5.74) is 2.78. The van der Waals surface area contributed by atoms with Crippen molar-refractivity contribution >= 4 is 11.6 Å². The van der Waals surface area contributed by atoms with Crippen molar-refractivity contribution in [3.63, 3.8) is 0 Å². The summed E-state index contributed by atoms with van der Waals surface area (Å²) in [6.07, 6.45) is 0. The molecule has 4 nitrogen and oxygen atoms in total. The summed E-state index contributed by atoms with van der Waals surface area (Å²) in [7, 11) is 0. The van der Waals surface area contributed by atoms with Gasteiger partial charge in [-0.15, -0.1) is 0 Å². The van der Waals surface area contributed by atoms with E-state index in [9.17, 15) is 0 Å². The van der Waals surface area contributed by atoms with Gasteiger partial charge in [0.15, 0.2) is 17.3 Å². The molecule has 2 heterocycles. The summed E-state index contributed by atoms with van der Waals surface area (Å²) in [4.78, 5) is 9.01. The van der Waals surface area contributed by atoms with Crippen molar-refractivity contribution in [1.29, 1.82) is 0 Å². The third-order valence-corrected chi connectivity index (χ3v) is 3.76. The maximum atomic E-state index is 6.32. The average Bonchev–Trinajstić information content (AvgIpc) is 2.45. The van der Waals surface area contributed by atoms with Gasteiger partial charge in [-0.25, -0.2) is 9.97 Å².